The summed E-state index contributed by atoms with van der Waals surface area (Å²) in [6.45, 7) is 0. The molecule has 0 atom stereocenters. The van der Waals surface area contributed by atoms with E-state index in [1.807, 2.05) is 0 Å². The van der Waals surface area contributed by atoms with Gasteiger partial charge in [0.15, 0.2) is 11.4 Å². The predicted molar refractivity (Wildman–Crippen MR) is 69.9 cm³/mol. The topological polar surface area (TPSA) is 100 Å². The van der Waals surface area contributed by atoms with E-state index in [0.29, 0.717) is 8.42 Å². The molecule has 94 valence electrons. The van der Waals surface area contributed by atoms with Crippen molar-refractivity contribution in [2.45, 2.75) is 8.42 Å². The SMILES string of the molecule is O=C(O)c1ncsc1SSc1scnc1C(=O)O. The summed E-state index contributed by atoms with van der Waals surface area (Å²) in [5, 5.41) is 17.7. The van der Waals surface area contributed by atoms with E-state index in [2.05, 4.69) is 9.97 Å². The van der Waals surface area contributed by atoms with Gasteiger partial charge in [0.2, 0.25) is 0 Å². The van der Waals surface area contributed by atoms with Gasteiger partial charge in [-0.25, -0.2) is 19.6 Å². The second kappa shape index (κ2) is 5.69. The third kappa shape index (κ3) is 2.83. The number of hydrogen-bond acceptors (Lipinski definition) is 8. The molecule has 0 amide bonds. The Hall–Kier alpha value is -1.10. The highest BCUT2D eigenvalue weighted by molar-refractivity contribution is 8.77. The standard InChI is InChI=1S/C8H4N2O4S4/c11-5(12)3-7(15-1-9-3)17-18-8-4(6(13)14)10-2-16-8/h1-2H,(H,11,12)(H,13,14). The van der Waals surface area contributed by atoms with Gasteiger partial charge in [-0.05, 0) is 21.6 Å². The molecular weight excluding hydrogens is 316 g/mol. The van der Waals surface area contributed by atoms with Gasteiger partial charge in [-0.1, -0.05) is 0 Å². The van der Waals surface area contributed by atoms with Crippen LogP contribution in [0.3, 0.4) is 0 Å². The molecular formula is C8H4N2O4S4. The van der Waals surface area contributed by atoms with E-state index >= 15 is 0 Å². The lowest BCUT2D eigenvalue weighted by Gasteiger charge is -1.97. The monoisotopic (exact) mass is 320 g/mol. The van der Waals surface area contributed by atoms with E-state index in [4.69, 9.17) is 10.2 Å². The molecule has 0 aliphatic rings. The molecule has 0 fully saturated rings. The number of thiazole rings is 2. The normalized spacial score (nSPS) is 10.4. The molecule has 2 heterocycles. The van der Waals surface area contributed by atoms with Crippen molar-refractivity contribution in [3.05, 3.63) is 22.4 Å². The van der Waals surface area contributed by atoms with Crippen molar-refractivity contribution in [2.24, 2.45) is 0 Å². The summed E-state index contributed by atoms with van der Waals surface area (Å²) in [6, 6.07) is 0. The second-order valence-electron chi connectivity index (χ2n) is 2.75. The van der Waals surface area contributed by atoms with Gasteiger partial charge in [0.1, 0.15) is 8.42 Å². The lowest BCUT2D eigenvalue weighted by atomic mass is 10.5. The van der Waals surface area contributed by atoms with Gasteiger partial charge in [0.05, 0.1) is 11.0 Å². The first kappa shape index (κ1) is 13.3. The molecule has 0 saturated carbocycles. The van der Waals surface area contributed by atoms with Crippen LogP contribution in [0.5, 0.6) is 0 Å². The quantitative estimate of drug-likeness (QED) is 0.811. The minimum atomic E-state index is -1.10. The van der Waals surface area contributed by atoms with Crippen LogP contribution in [0.15, 0.2) is 19.4 Å². The molecule has 18 heavy (non-hydrogen) atoms. The Morgan fingerprint density at radius 3 is 1.67 bits per heavy atom. The molecule has 0 spiro atoms. The maximum atomic E-state index is 10.8. The van der Waals surface area contributed by atoms with Gasteiger partial charge in [-0.3, -0.25) is 0 Å². The highest BCUT2D eigenvalue weighted by Gasteiger charge is 2.18. The first-order valence-electron chi connectivity index (χ1n) is 4.27. The molecule has 0 aromatic carbocycles. The van der Waals surface area contributed by atoms with Gasteiger partial charge in [0.25, 0.3) is 0 Å². The lowest BCUT2D eigenvalue weighted by Crippen LogP contribution is -1.98. The van der Waals surface area contributed by atoms with Gasteiger partial charge >= 0.3 is 11.9 Å². The predicted octanol–water partition coefficient (Wildman–Crippen LogP) is 2.80. The number of carbonyl (C=O) groups is 2. The summed E-state index contributed by atoms with van der Waals surface area (Å²) in [5.41, 5.74) is 2.85. The van der Waals surface area contributed by atoms with E-state index in [1.165, 1.54) is 55.3 Å². The van der Waals surface area contributed by atoms with Crippen LogP contribution in [0.25, 0.3) is 0 Å². The summed E-state index contributed by atoms with van der Waals surface area (Å²) in [7, 11) is 2.34. The maximum Gasteiger partial charge on any atom is 0.356 e. The molecule has 2 rings (SSSR count). The Bertz CT molecular complexity index is 541. The maximum absolute atomic E-state index is 10.8. The number of aromatic carboxylic acids is 2. The fourth-order valence-corrected chi connectivity index (χ4v) is 5.37. The average Bonchev–Trinajstić information content (AvgIpc) is 2.94. The van der Waals surface area contributed by atoms with Crippen molar-refractivity contribution in [1.82, 2.24) is 9.97 Å². The molecule has 10 heteroatoms. The minimum Gasteiger partial charge on any atom is -0.476 e. The molecule has 0 bridgehead atoms. The molecule has 2 aromatic rings. The number of hydrogen-bond donors (Lipinski definition) is 2. The largest absolute Gasteiger partial charge is 0.476 e. The van der Waals surface area contributed by atoms with E-state index in [-0.39, 0.29) is 11.4 Å². The lowest BCUT2D eigenvalue weighted by molar-refractivity contribution is 0.0677. The van der Waals surface area contributed by atoms with Crippen LogP contribution in [0, 0.1) is 0 Å². The Labute approximate surface area is 116 Å². The van der Waals surface area contributed by atoms with Crippen LogP contribution in [-0.4, -0.2) is 32.1 Å². The minimum absolute atomic E-state index is 0.0149. The first-order valence-corrected chi connectivity index (χ1v) is 8.18. The Kier molecular flexibility index (Phi) is 4.22. The van der Waals surface area contributed by atoms with E-state index in [1.54, 1.807) is 0 Å². The van der Waals surface area contributed by atoms with E-state index in [0.717, 1.165) is 0 Å². The zero-order valence-corrected chi connectivity index (χ0v) is 11.7. The van der Waals surface area contributed by atoms with Crippen molar-refractivity contribution in [3.8, 4) is 0 Å². The summed E-state index contributed by atoms with van der Waals surface area (Å²) in [5.74, 6) is -2.19. The summed E-state index contributed by atoms with van der Waals surface area (Å²) < 4.78 is 1.05. The molecule has 0 unspecified atom stereocenters. The third-order valence-corrected chi connectivity index (χ3v) is 6.64. The zero-order chi connectivity index (χ0) is 13.1. The molecule has 0 aliphatic heterocycles. The van der Waals surface area contributed by atoms with Crippen molar-refractivity contribution >= 4 is 56.2 Å². The summed E-state index contributed by atoms with van der Waals surface area (Å²) >= 11 is 2.40. The zero-order valence-electron chi connectivity index (χ0n) is 8.39. The van der Waals surface area contributed by atoms with Crippen LogP contribution in [0.2, 0.25) is 0 Å². The number of aromatic nitrogens is 2. The smallest absolute Gasteiger partial charge is 0.356 e. The number of nitrogens with zero attached hydrogens (tertiary/aromatic N) is 2. The average molecular weight is 320 g/mol. The second-order valence-corrected chi connectivity index (χ2v) is 7.13. The number of carboxylic acids is 2. The molecule has 2 N–H and O–H groups in total. The van der Waals surface area contributed by atoms with Gasteiger partial charge in [-0.2, -0.15) is 0 Å². The van der Waals surface area contributed by atoms with E-state index < -0.39 is 11.9 Å². The number of rotatable bonds is 5. The summed E-state index contributed by atoms with van der Waals surface area (Å²) in [6.07, 6.45) is 0. The van der Waals surface area contributed by atoms with Crippen molar-refractivity contribution < 1.29 is 19.8 Å². The van der Waals surface area contributed by atoms with Crippen LogP contribution in [0.4, 0.5) is 0 Å². The van der Waals surface area contributed by atoms with Crippen LogP contribution in [0.1, 0.15) is 21.0 Å². The molecule has 6 nitrogen and oxygen atoms in total. The van der Waals surface area contributed by atoms with Crippen LogP contribution >= 0.6 is 44.3 Å². The van der Waals surface area contributed by atoms with E-state index in [9.17, 15) is 9.59 Å². The van der Waals surface area contributed by atoms with Gasteiger partial charge in [-0.15, -0.1) is 22.7 Å². The molecule has 2 aromatic heterocycles. The Balaban J connectivity index is 2.12. The summed E-state index contributed by atoms with van der Waals surface area (Å²) in [4.78, 5) is 29.1. The van der Waals surface area contributed by atoms with Gasteiger partial charge in [0, 0.05) is 0 Å². The molecule has 0 radical (unpaired) electrons. The highest BCUT2D eigenvalue weighted by atomic mass is 33.1. The third-order valence-electron chi connectivity index (χ3n) is 1.67. The Morgan fingerprint density at radius 2 is 1.33 bits per heavy atom. The number of carboxylic acid groups (broad SMARTS) is 2. The Morgan fingerprint density at radius 1 is 0.944 bits per heavy atom. The fourth-order valence-electron chi connectivity index (χ4n) is 0.950. The highest BCUT2D eigenvalue weighted by Crippen LogP contribution is 2.43. The van der Waals surface area contributed by atoms with Crippen molar-refractivity contribution in [2.75, 3.05) is 0 Å². The molecule has 0 saturated heterocycles. The van der Waals surface area contributed by atoms with Gasteiger partial charge < -0.3 is 10.2 Å². The van der Waals surface area contributed by atoms with Crippen LogP contribution in [-0.2, 0) is 0 Å². The van der Waals surface area contributed by atoms with Crippen molar-refractivity contribution in [3.63, 3.8) is 0 Å². The van der Waals surface area contributed by atoms with Crippen molar-refractivity contribution in [1.29, 1.82) is 0 Å². The van der Waals surface area contributed by atoms with Crippen LogP contribution < -0.4 is 0 Å². The first-order chi connectivity index (χ1) is 8.59. The fraction of sp³-hybridized carbons (Fsp3) is 0. The molecule has 0 aliphatic carbocycles.